The summed E-state index contributed by atoms with van der Waals surface area (Å²) in [5.41, 5.74) is 9.71. The lowest BCUT2D eigenvalue weighted by Gasteiger charge is -2.26. The summed E-state index contributed by atoms with van der Waals surface area (Å²) >= 11 is 0. The minimum Gasteiger partial charge on any atom is -0.398 e. The molecule has 112 valence electrons. The molecule has 20 heavy (non-hydrogen) atoms. The van der Waals surface area contributed by atoms with Gasteiger partial charge in [0.2, 0.25) is 0 Å². The number of hydrogen-bond donors (Lipinski definition) is 2. The van der Waals surface area contributed by atoms with Crippen LogP contribution in [0.1, 0.15) is 23.7 Å². The number of nitrogen functional groups attached to an aromatic ring is 1. The van der Waals surface area contributed by atoms with Crippen molar-refractivity contribution in [2.45, 2.75) is 19.5 Å². The predicted molar refractivity (Wildman–Crippen MR) is 67.9 cm³/mol. The van der Waals surface area contributed by atoms with Gasteiger partial charge in [0.15, 0.2) is 0 Å². The lowest BCUT2D eigenvalue weighted by molar-refractivity contribution is -0.119. The number of benzene rings is 1. The zero-order chi connectivity index (χ0) is 15.5. The molecule has 0 saturated carbocycles. The van der Waals surface area contributed by atoms with Crippen molar-refractivity contribution < 1.29 is 22.4 Å². The van der Waals surface area contributed by atoms with Crippen LogP contribution in [0.3, 0.4) is 0 Å². The van der Waals surface area contributed by atoms with Crippen molar-refractivity contribution in [2.24, 2.45) is 5.73 Å². The molecule has 1 aromatic rings. The third kappa shape index (κ3) is 4.01. The minimum absolute atomic E-state index is 0.0153. The number of halogens is 4. The SMILES string of the molecule is CCCN(CC(F)(F)F)c1cc(C(N)=O)c(N)cc1F. The molecular formula is C12H15F4N3O. The van der Waals surface area contributed by atoms with Gasteiger partial charge in [-0.1, -0.05) is 6.92 Å². The van der Waals surface area contributed by atoms with E-state index in [1.807, 2.05) is 0 Å². The number of rotatable bonds is 5. The average Bonchev–Trinajstić information content (AvgIpc) is 2.26. The van der Waals surface area contributed by atoms with Gasteiger partial charge in [-0.2, -0.15) is 13.2 Å². The quantitative estimate of drug-likeness (QED) is 0.646. The Hall–Kier alpha value is -1.99. The Kier molecular flexibility index (Phi) is 4.80. The van der Waals surface area contributed by atoms with E-state index in [9.17, 15) is 22.4 Å². The van der Waals surface area contributed by atoms with Crippen molar-refractivity contribution in [3.8, 4) is 0 Å². The molecule has 0 aliphatic carbocycles. The molecule has 0 fully saturated rings. The normalized spacial score (nSPS) is 11.4. The molecule has 8 heteroatoms. The van der Waals surface area contributed by atoms with Crippen LogP contribution >= 0.6 is 0 Å². The van der Waals surface area contributed by atoms with Crippen LogP contribution in [0.25, 0.3) is 0 Å². The van der Waals surface area contributed by atoms with Crippen LogP contribution in [0.4, 0.5) is 28.9 Å². The van der Waals surface area contributed by atoms with E-state index in [0.29, 0.717) is 6.42 Å². The van der Waals surface area contributed by atoms with Crippen molar-refractivity contribution in [3.63, 3.8) is 0 Å². The zero-order valence-corrected chi connectivity index (χ0v) is 10.8. The number of primary amides is 1. The summed E-state index contributed by atoms with van der Waals surface area (Å²) in [6.07, 6.45) is -4.11. The molecule has 1 rings (SSSR count). The molecule has 0 spiro atoms. The fraction of sp³-hybridized carbons (Fsp3) is 0.417. The molecule has 4 nitrogen and oxygen atoms in total. The molecule has 0 bridgehead atoms. The van der Waals surface area contributed by atoms with Crippen LogP contribution in [-0.2, 0) is 0 Å². The third-order valence-electron chi connectivity index (χ3n) is 2.59. The predicted octanol–water partition coefficient (Wildman–Crippen LogP) is 2.29. The summed E-state index contributed by atoms with van der Waals surface area (Å²) in [5, 5.41) is 0. The summed E-state index contributed by atoms with van der Waals surface area (Å²) in [5.74, 6) is -1.85. The van der Waals surface area contributed by atoms with Gasteiger partial charge in [0, 0.05) is 12.2 Å². The van der Waals surface area contributed by atoms with E-state index >= 15 is 0 Å². The maximum Gasteiger partial charge on any atom is 0.405 e. The van der Waals surface area contributed by atoms with Gasteiger partial charge in [-0.25, -0.2) is 4.39 Å². The number of hydrogen-bond acceptors (Lipinski definition) is 3. The first-order chi connectivity index (χ1) is 9.15. The lowest BCUT2D eigenvalue weighted by Crippen LogP contribution is -2.35. The van der Waals surface area contributed by atoms with Crippen LogP contribution in [-0.4, -0.2) is 25.2 Å². The smallest absolute Gasteiger partial charge is 0.398 e. The topological polar surface area (TPSA) is 72.3 Å². The average molecular weight is 293 g/mol. The van der Waals surface area contributed by atoms with E-state index in [1.165, 1.54) is 0 Å². The van der Waals surface area contributed by atoms with Crippen molar-refractivity contribution >= 4 is 17.3 Å². The zero-order valence-electron chi connectivity index (χ0n) is 10.8. The number of carbonyl (C=O) groups excluding carboxylic acids is 1. The van der Waals surface area contributed by atoms with E-state index in [0.717, 1.165) is 17.0 Å². The van der Waals surface area contributed by atoms with Crippen LogP contribution in [0.5, 0.6) is 0 Å². The monoisotopic (exact) mass is 293 g/mol. The van der Waals surface area contributed by atoms with E-state index in [1.54, 1.807) is 6.92 Å². The standard InChI is InChI=1S/C12H15F4N3O/c1-2-3-19(6-12(14,15)16)10-4-7(11(18)20)9(17)5-8(10)13/h4-5H,2-3,6,17H2,1H3,(H2,18,20). The van der Waals surface area contributed by atoms with Gasteiger partial charge in [-0.15, -0.1) is 0 Å². The second-order valence-corrected chi connectivity index (χ2v) is 4.29. The molecule has 0 unspecified atom stereocenters. The minimum atomic E-state index is -4.49. The molecular weight excluding hydrogens is 278 g/mol. The Morgan fingerprint density at radius 1 is 1.35 bits per heavy atom. The van der Waals surface area contributed by atoms with Gasteiger partial charge < -0.3 is 16.4 Å². The molecule has 1 aromatic carbocycles. The number of nitrogens with zero attached hydrogens (tertiary/aromatic N) is 1. The highest BCUT2D eigenvalue weighted by molar-refractivity contribution is 5.99. The molecule has 0 aliphatic rings. The van der Waals surface area contributed by atoms with Crippen molar-refractivity contribution in [3.05, 3.63) is 23.5 Å². The molecule has 1 amide bonds. The Labute approximate surface area is 113 Å². The highest BCUT2D eigenvalue weighted by Crippen LogP contribution is 2.28. The van der Waals surface area contributed by atoms with Crippen molar-refractivity contribution in [1.82, 2.24) is 0 Å². The lowest BCUT2D eigenvalue weighted by atomic mass is 10.1. The van der Waals surface area contributed by atoms with Crippen molar-refractivity contribution in [1.29, 1.82) is 0 Å². The second-order valence-electron chi connectivity index (χ2n) is 4.29. The van der Waals surface area contributed by atoms with Gasteiger partial charge in [-0.3, -0.25) is 4.79 Å². The van der Waals surface area contributed by atoms with Crippen LogP contribution in [0, 0.1) is 5.82 Å². The number of carbonyl (C=O) groups is 1. The number of amides is 1. The summed E-state index contributed by atoms with van der Waals surface area (Å²) in [4.78, 5) is 11.9. The number of nitrogens with two attached hydrogens (primary N) is 2. The maximum atomic E-state index is 13.8. The summed E-state index contributed by atoms with van der Waals surface area (Å²) in [6, 6.07) is 1.75. The van der Waals surface area contributed by atoms with E-state index in [4.69, 9.17) is 11.5 Å². The van der Waals surface area contributed by atoms with Gasteiger partial charge >= 0.3 is 6.18 Å². The van der Waals surface area contributed by atoms with Gasteiger partial charge in [0.1, 0.15) is 12.4 Å². The molecule has 0 saturated heterocycles. The van der Waals surface area contributed by atoms with Crippen LogP contribution in [0.2, 0.25) is 0 Å². The summed E-state index contributed by atoms with van der Waals surface area (Å²) in [7, 11) is 0. The van der Waals surface area contributed by atoms with Crippen molar-refractivity contribution in [2.75, 3.05) is 23.7 Å². The summed E-state index contributed by atoms with van der Waals surface area (Å²) < 4.78 is 51.3. The molecule has 4 N–H and O–H groups in total. The van der Waals surface area contributed by atoms with Crippen LogP contribution in [0.15, 0.2) is 12.1 Å². The van der Waals surface area contributed by atoms with E-state index < -0.39 is 24.4 Å². The van der Waals surface area contributed by atoms with Gasteiger partial charge in [0.25, 0.3) is 5.91 Å². The Morgan fingerprint density at radius 3 is 2.40 bits per heavy atom. The van der Waals surface area contributed by atoms with E-state index in [2.05, 4.69) is 0 Å². The first-order valence-electron chi connectivity index (χ1n) is 5.86. The Bertz CT molecular complexity index is 502. The highest BCUT2D eigenvalue weighted by Gasteiger charge is 2.32. The largest absolute Gasteiger partial charge is 0.405 e. The fourth-order valence-electron chi connectivity index (χ4n) is 1.80. The Morgan fingerprint density at radius 2 is 1.95 bits per heavy atom. The molecule has 0 radical (unpaired) electrons. The van der Waals surface area contributed by atoms with Gasteiger partial charge in [-0.05, 0) is 18.6 Å². The number of alkyl halides is 3. The molecule has 0 aliphatic heterocycles. The molecule has 0 heterocycles. The molecule has 0 atom stereocenters. The number of anilines is 2. The highest BCUT2D eigenvalue weighted by atomic mass is 19.4. The van der Waals surface area contributed by atoms with E-state index in [-0.39, 0.29) is 23.5 Å². The third-order valence-corrected chi connectivity index (χ3v) is 2.59. The first-order valence-corrected chi connectivity index (χ1v) is 5.86. The van der Waals surface area contributed by atoms with Gasteiger partial charge in [0.05, 0.1) is 11.3 Å². The summed E-state index contributed by atoms with van der Waals surface area (Å²) in [6.45, 7) is 0.325. The molecule has 0 aromatic heterocycles. The second kappa shape index (κ2) is 5.98. The Balaban J connectivity index is 3.25. The fourth-order valence-corrected chi connectivity index (χ4v) is 1.80. The maximum absolute atomic E-state index is 13.8. The van der Waals surface area contributed by atoms with Crippen LogP contribution < -0.4 is 16.4 Å². The first kappa shape index (κ1) is 16.1.